The van der Waals surface area contributed by atoms with E-state index in [0.29, 0.717) is 65.4 Å². The van der Waals surface area contributed by atoms with Crippen LogP contribution < -0.4 is 24.8 Å². The zero-order valence-electron chi connectivity index (χ0n) is 21.2. The number of methoxy groups -OCH3 is 3. The minimum atomic E-state index is 0.183. The van der Waals surface area contributed by atoms with Crippen LogP contribution in [0.15, 0.2) is 30.7 Å². The standard InChI is InChI=1S/C24H29N9O4/c1-31-18(7-8-26-31)28-24-29-22(27-15-12-16(35-2)21(37-4)17(13-15)36-3)20-23(30-24)33(14-25-20)11-10-32-9-5-6-19(32)34/h7-8,12-14H,5-6,9-11H2,1-4H3,(H2,27,28,29,30). The Kier molecular flexibility index (Phi) is 6.66. The molecule has 1 fully saturated rings. The van der Waals surface area contributed by atoms with E-state index in [1.807, 2.05) is 22.6 Å². The predicted molar refractivity (Wildman–Crippen MR) is 137 cm³/mol. The van der Waals surface area contributed by atoms with Crippen molar-refractivity contribution >= 4 is 40.3 Å². The van der Waals surface area contributed by atoms with Gasteiger partial charge in [-0.25, -0.2) is 4.98 Å². The smallest absolute Gasteiger partial charge is 0.232 e. The van der Waals surface area contributed by atoms with Crippen molar-refractivity contribution in [2.75, 3.05) is 45.1 Å². The first-order chi connectivity index (χ1) is 18.0. The number of anilines is 4. The van der Waals surface area contributed by atoms with Crippen molar-refractivity contribution in [3.8, 4) is 17.2 Å². The van der Waals surface area contributed by atoms with Crippen LogP contribution in [0.2, 0.25) is 0 Å². The molecular weight excluding hydrogens is 478 g/mol. The molecule has 3 aromatic heterocycles. The number of imidazole rings is 1. The second-order valence-corrected chi connectivity index (χ2v) is 8.49. The van der Waals surface area contributed by atoms with Crippen molar-refractivity contribution in [2.45, 2.75) is 19.4 Å². The van der Waals surface area contributed by atoms with E-state index in [0.717, 1.165) is 18.8 Å². The van der Waals surface area contributed by atoms with E-state index in [1.165, 1.54) is 0 Å². The molecule has 0 unspecified atom stereocenters. The molecule has 1 aliphatic rings. The van der Waals surface area contributed by atoms with Gasteiger partial charge < -0.3 is 34.3 Å². The zero-order valence-corrected chi connectivity index (χ0v) is 21.2. The van der Waals surface area contributed by atoms with Crippen molar-refractivity contribution in [1.29, 1.82) is 0 Å². The zero-order chi connectivity index (χ0) is 25.9. The van der Waals surface area contributed by atoms with E-state index in [4.69, 9.17) is 24.2 Å². The molecule has 4 aromatic rings. The fourth-order valence-electron chi connectivity index (χ4n) is 4.32. The Morgan fingerprint density at radius 1 is 1.03 bits per heavy atom. The van der Waals surface area contributed by atoms with Gasteiger partial charge in [0.25, 0.3) is 0 Å². The van der Waals surface area contributed by atoms with Gasteiger partial charge in [0.1, 0.15) is 5.82 Å². The highest BCUT2D eigenvalue weighted by molar-refractivity contribution is 5.87. The topological polar surface area (TPSA) is 133 Å². The van der Waals surface area contributed by atoms with Gasteiger partial charge in [0.2, 0.25) is 17.6 Å². The molecule has 0 atom stereocenters. The van der Waals surface area contributed by atoms with Gasteiger partial charge in [-0.3, -0.25) is 9.48 Å². The quantitative estimate of drug-likeness (QED) is 0.330. The normalized spacial score (nSPS) is 13.3. The summed E-state index contributed by atoms with van der Waals surface area (Å²) in [6.07, 6.45) is 4.91. The van der Waals surface area contributed by atoms with Gasteiger partial charge in [0.05, 0.1) is 33.9 Å². The molecule has 13 heteroatoms. The lowest BCUT2D eigenvalue weighted by Crippen LogP contribution is -2.28. The minimum absolute atomic E-state index is 0.183. The van der Waals surface area contributed by atoms with Gasteiger partial charge in [0.15, 0.2) is 28.5 Å². The number of fused-ring (bicyclic) bond motifs is 1. The predicted octanol–water partition coefficient (Wildman–Crippen LogP) is 2.70. The fourth-order valence-corrected chi connectivity index (χ4v) is 4.32. The number of nitrogens with one attached hydrogen (secondary N) is 2. The summed E-state index contributed by atoms with van der Waals surface area (Å²) < 4.78 is 20.0. The van der Waals surface area contributed by atoms with Crippen molar-refractivity contribution in [3.05, 3.63) is 30.7 Å². The number of carbonyl (C=O) groups excluding carboxylic acids is 1. The number of amides is 1. The Morgan fingerprint density at radius 2 is 1.81 bits per heavy atom. The van der Waals surface area contributed by atoms with Crippen LogP contribution in [0.1, 0.15) is 12.8 Å². The Labute approximate surface area is 213 Å². The van der Waals surface area contributed by atoms with E-state index in [1.54, 1.807) is 50.7 Å². The Hall–Kier alpha value is -4.55. The number of aryl methyl sites for hydroxylation is 1. The third kappa shape index (κ3) is 4.79. The number of hydrogen-bond acceptors (Lipinski definition) is 10. The second kappa shape index (κ2) is 10.2. The van der Waals surface area contributed by atoms with E-state index in [9.17, 15) is 4.79 Å². The summed E-state index contributed by atoms with van der Waals surface area (Å²) in [5.41, 5.74) is 1.87. The van der Waals surface area contributed by atoms with Gasteiger partial charge in [0, 0.05) is 57.0 Å². The highest BCUT2D eigenvalue weighted by Gasteiger charge is 2.21. The number of carbonyl (C=O) groups is 1. The third-order valence-corrected chi connectivity index (χ3v) is 6.23. The van der Waals surface area contributed by atoms with Crippen LogP contribution in [-0.2, 0) is 18.4 Å². The van der Waals surface area contributed by atoms with Crippen molar-refractivity contribution in [2.24, 2.45) is 7.05 Å². The fraction of sp³-hybridized carbons (Fsp3) is 0.375. The lowest BCUT2D eigenvalue weighted by Gasteiger charge is -2.16. The molecule has 0 radical (unpaired) electrons. The maximum absolute atomic E-state index is 12.1. The maximum atomic E-state index is 12.1. The van der Waals surface area contributed by atoms with Crippen LogP contribution >= 0.6 is 0 Å². The van der Waals surface area contributed by atoms with Crippen molar-refractivity contribution in [1.82, 2.24) is 34.2 Å². The molecule has 0 bridgehead atoms. The van der Waals surface area contributed by atoms with E-state index in [2.05, 4.69) is 20.7 Å². The third-order valence-electron chi connectivity index (χ3n) is 6.23. The monoisotopic (exact) mass is 507 g/mol. The molecule has 1 saturated heterocycles. The van der Waals surface area contributed by atoms with Gasteiger partial charge >= 0.3 is 0 Å². The summed E-state index contributed by atoms with van der Waals surface area (Å²) in [5, 5.41) is 10.7. The number of likely N-dealkylation sites (tertiary alicyclic amines) is 1. The van der Waals surface area contributed by atoms with Gasteiger partial charge in [-0.15, -0.1) is 0 Å². The number of ether oxygens (including phenoxy) is 3. The van der Waals surface area contributed by atoms with Crippen LogP contribution in [0, 0.1) is 0 Å². The number of rotatable bonds is 10. The highest BCUT2D eigenvalue weighted by Crippen LogP contribution is 2.41. The van der Waals surface area contributed by atoms with Gasteiger partial charge in [-0.05, 0) is 6.42 Å². The number of nitrogens with zero attached hydrogens (tertiary/aromatic N) is 7. The SMILES string of the molecule is COc1cc(Nc2nc(Nc3ccnn3C)nc3c2ncn3CCN2CCCC2=O)cc(OC)c1OC. The van der Waals surface area contributed by atoms with Crippen molar-refractivity contribution < 1.29 is 19.0 Å². The first kappa shape index (κ1) is 24.2. The van der Waals surface area contributed by atoms with Crippen LogP contribution in [0.5, 0.6) is 17.2 Å². The van der Waals surface area contributed by atoms with E-state index >= 15 is 0 Å². The summed E-state index contributed by atoms with van der Waals surface area (Å²) in [5.74, 6) is 3.26. The van der Waals surface area contributed by atoms with E-state index in [-0.39, 0.29) is 5.91 Å². The molecule has 37 heavy (non-hydrogen) atoms. The molecule has 13 nitrogen and oxygen atoms in total. The second-order valence-electron chi connectivity index (χ2n) is 8.49. The Morgan fingerprint density at radius 3 is 2.43 bits per heavy atom. The van der Waals surface area contributed by atoms with Gasteiger partial charge in [-0.2, -0.15) is 15.1 Å². The number of benzene rings is 1. The van der Waals surface area contributed by atoms with Crippen LogP contribution in [0.4, 0.5) is 23.3 Å². The van der Waals surface area contributed by atoms with Crippen LogP contribution in [-0.4, -0.2) is 74.5 Å². The number of aromatic nitrogens is 6. The Bertz CT molecular complexity index is 1410. The maximum Gasteiger partial charge on any atom is 0.232 e. The summed E-state index contributed by atoms with van der Waals surface area (Å²) in [6, 6.07) is 5.41. The molecule has 1 amide bonds. The molecule has 5 rings (SSSR count). The molecule has 194 valence electrons. The first-order valence-electron chi connectivity index (χ1n) is 11.8. The average molecular weight is 508 g/mol. The number of hydrogen-bond donors (Lipinski definition) is 2. The summed E-state index contributed by atoms with van der Waals surface area (Å²) in [6.45, 7) is 1.93. The molecule has 1 aliphatic heterocycles. The summed E-state index contributed by atoms with van der Waals surface area (Å²) in [4.78, 5) is 28.0. The first-order valence-corrected chi connectivity index (χ1v) is 11.8. The van der Waals surface area contributed by atoms with Crippen LogP contribution in [0.25, 0.3) is 11.2 Å². The van der Waals surface area contributed by atoms with Crippen LogP contribution in [0.3, 0.4) is 0 Å². The van der Waals surface area contributed by atoms with Crippen molar-refractivity contribution in [3.63, 3.8) is 0 Å². The average Bonchev–Trinajstić information content (AvgIpc) is 3.62. The molecule has 4 heterocycles. The Balaban J connectivity index is 1.53. The lowest BCUT2D eigenvalue weighted by atomic mass is 10.2. The molecule has 0 saturated carbocycles. The molecule has 0 spiro atoms. The molecule has 1 aromatic carbocycles. The summed E-state index contributed by atoms with van der Waals surface area (Å²) >= 11 is 0. The lowest BCUT2D eigenvalue weighted by molar-refractivity contribution is -0.127. The molecular formula is C24H29N9O4. The van der Waals surface area contributed by atoms with E-state index < -0.39 is 0 Å². The minimum Gasteiger partial charge on any atom is -0.493 e. The molecule has 0 aliphatic carbocycles. The highest BCUT2D eigenvalue weighted by atomic mass is 16.5. The largest absolute Gasteiger partial charge is 0.493 e. The summed E-state index contributed by atoms with van der Waals surface area (Å²) in [7, 11) is 6.51. The molecule has 2 N–H and O–H groups in total. The van der Waals surface area contributed by atoms with Gasteiger partial charge in [-0.1, -0.05) is 0 Å².